The molecule has 0 aliphatic carbocycles. The SMILES string of the molecule is Nc1nccc(-c2ccc(NC(=O)c3ccc(C(F)(F)F)cc3)cc2)n1. The highest BCUT2D eigenvalue weighted by molar-refractivity contribution is 6.04. The van der Waals surface area contributed by atoms with E-state index in [1.807, 2.05) is 0 Å². The van der Waals surface area contributed by atoms with Crippen molar-refractivity contribution in [2.45, 2.75) is 6.18 Å². The predicted molar refractivity (Wildman–Crippen MR) is 91.3 cm³/mol. The maximum atomic E-state index is 12.6. The number of nitrogens with zero attached hydrogens (tertiary/aromatic N) is 2. The second-order valence-corrected chi connectivity index (χ2v) is 5.41. The molecule has 1 amide bonds. The van der Waals surface area contributed by atoms with Crippen molar-refractivity contribution < 1.29 is 18.0 Å². The van der Waals surface area contributed by atoms with Crippen LogP contribution in [-0.2, 0) is 6.18 Å². The Kier molecular flexibility index (Phi) is 4.57. The molecule has 0 fully saturated rings. The van der Waals surface area contributed by atoms with Crippen LogP contribution in [0.3, 0.4) is 0 Å². The number of alkyl halides is 3. The third-order valence-electron chi connectivity index (χ3n) is 3.59. The molecule has 3 rings (SSSR count). The first-order chi connectivity index (χ1) is 12.3. The van der Waals surface area contributed by atoms with Crippen molar-refractivity contribution in [2.24, 2.45) is 0 Å². The molecule has 2 aromatic carbocycles. The van der Waals surface area contributed by atoms with Crippen molar-refractivity contribution in [1.82, 2.24) is 9.97 Å². The normalized spacial score (nSPS) is 11.2. The van der Waals surface area contributed by atoms with Crippen LogP contribution in [0.4, 0.5) is 24.8 Å². The number of aromatic nitrogens is 2. The van der Waals surface area contributed by atoms with E-state index in [4.69, 9.17) is 5.73 Å². The van der Waals surface area contributed by atoms with Crippen LogP contribution < -0.4 is 11.1 Å². The van der Waals surface area contributed by atoms with Gasteiger partial charge in [-0.3, -0.25) is 4.79 Å². The summed E-state index contributed by atoms with van der Waals surface area (Å²) in [4.78, 5) is 20.1. The van der Waals surface area contributed by atoms with Gasteiger partial charge in [0.15, 0.2) is 0 Å². The van der Waals surface area contributed by atoms with Gasteiger partial charge >= 0.3 is 6.18 Å². The van der Waals surface area contributed by atoms with E-state index in [-0.39, 0.29) is 11.5 Å². The van der Waals surface area contributed by atoms with Crippen LogP contribution in [0.25, 0.3) is 11.3 Å². The molecular formula is C18H13F3N4O. The predicted octanol–water partition coefficient (Wildman–Crippen LogP) is 4.00. The molecule has 0 atom stereocenters. The minimum Gasteiger partial charge on any atom is -0.368 e. The second kappa shape index (κ2) is 6.83. The Hall–Kier alpha value is -3.42. The number of rotatable bonds is 3. The summed E-state index contributed by atoms with van der Waals surface area (Å²) in [5.41, 5.74) is 6.79. The Bertz CT molecular complexity index is 922. The fraction of sp³-hybridized carbons (Fsp3) is 0.0556. The lowest BCUT2D eigenvalue weighted by atomic mass is 10.1. The highest BCUT2D eigenvalue weighted by atomic mass is 19.4. The lowest BCUT2D eigenvalue weighted by molar-refractivity contribution is -0.137. The van der Waals surface area contributed by atoms with Gasteiger partial charge in [-0.25, -0.2) is 9.97 Å². The van der Waals surface area contributed by atoms with Gasteiger partial charge in [0, 0.05) is 23.0 Å². The second-order valence-electron chi connectivity index (χ2n) is 5.41. The number of nitrogens with two attached hydrogens (primary N) is 1. The smallest absolute Gasteiger partial charge is 0.368 e. The van der Waals surface area contributed by atoms with E-state index in [0.717, 1.165) is 29.8 Å². The van der Waals surface area contributed by atoms with Crippen molar-refractivity contribution >= 4 is 17.5 Å². The Morgan fingerprint density at radius 1 is 0.962 bits per heavy atom. The maximum absolute atomic E-state index is 12.6. The van der Waals surface area contributed by atoms with Crippen molar-refractivity contribution in [1.29, 1.82) is 0 Å². The van der Waals surface area contributed by atoms with Crippen molar-refractivity contribution in [3.63, 3.8) is 0 Å². The summed E-state index contributed by atoms with van der Waals surface area (Å²) in [6.45, 7) is 0. The van der Waals surface area contributed by atoms with Crippen LogP contribution in [0.5, 0.6) is 0 Å². The summed E-state index contributed by atoms with van der Waals surface area (Å²) in [5.74, 6) is -0.347. The monoisotopic (exact) mass is 358 g/mol. The molecule has 26 heavy (non-hydrogen) atoms. The number of hydrogen-bond donors (Lipinski definition) is 2. The van der Waals surface area contributed by atoms with Gasteiger partial charge in [-0.1, -0.05) is 12.1 Å². The molecular weight excluding hydrogens is 345 g/mol. The molecule has 3 aromatic rings. The van der Waals surface area contributed by atoms with Crippen molar-refractivity contribution in [3.8, 4) is 11.3 Å². The molecule has 3 N–H and O–H groups in total. The molecule has 0 bridgehead atoms. The van der Waals surface area contributed by atoms with E-state index < -0.39 is 17.6 Å². The molecule has 0 spiro atoms. The van der Waals surface area contributed by atoms with E-state index in [0.29, 0.717) is 11.4 Å². The van der Waals surface area contributed by atoms with E-state index in [9.17, 15) is 18.0 Å². The summed E-state index contributed by atoms with van der Waals surface area (Å²) in [5, 5.41) is 2.63. The number of nitrogen functional groups attached to an aromatic ring is 1. The van der Waals surface area contributed by atoms with Crippen LogP contribution in [0.2, 0.25) is 0 Å². The lowest BCUT2D eigenvalue weighted by Gasteiger charge is -2.09. The Balaban J connectivity index is 1.72. The van der Waals surface area contributed by atoms with E-state index >= 15 is 0 Å². The van der Waals surface area contributed by atoms with E-state index in [1.165, 1.54) is 6.20 Å². The molecule has 0 unspecified atom stereocenters. The number of carbonyl (C=O) groups is 1. The highest BCUT2D eigenvalue weighted by Crippen LogP contribution is 2.29. The van der Waals surface area contributed by atoms with Crippen LogP contribution in [-0.4, -0.2) is 15.9 Å². The molecule has 0 saturated carbocycles. The Morgan fingerprint density at radius 3 is 2.19 bits per heavy atom. The molecule has 5 nitrogen and oxygen atoms in total. The summed E-state index contributed by atoms with van der Waals surface area (Å²) < 4.78 is 37.7. The van der Waals surface area contributed by atoms with E-state index in [1.54, 1.807) is 30.3 Å². The number of hydrogen-bond acceptors (Lipinski definition) is 4. The van der Waals surface area contributed by atoms with Gasteiger partial charge in [0.25, 0.3) is 5.91 Å². The largest absolute Gasteiger partial charge is 0.416 e. The average molecular weight is 358 g/mol. The minimum atomic E-state index is -4.44. The molecule has 1 aromatic heterocycles. The van der Waals surface area contributed by atoms with Gasteiger partial charge in [0.1, 0.15) is 0 Å². The standard InChI is InChI=1S/C18H13F3N4O/c19-18(20,21)13-5-1-12(2-6-13)16(26)24-14-7-3-11(4-8-14)15-9-10-23-17(22)25-15/h1-10H,(H,24,26)(H2,22,23,25). The van der Waals surface area contributed by atoms with Gasteiger partial charge in [0.05, 0.1) is 11.3 Å². The molecule has 1 heterocycles. The van der Waals surface area contributed by atoms with Crippen molar-refractivity contribution in [3.05, 3.63) is 71.9 Å². The number of anilines is 2. The summed E-state index contributed by atoms with van der Waals surface area (Å²) in [6.07, 6.45) is -2.90. The quantitative estimate of drug-likeness (QED) is 0.742. The first-order valence-electron chi connectivity index (χ1n) is 7.50. The number of halogens is 3. The first-order valence-corrected chi connectivity index (χ1v) is 7.50. The summed E-state index contributed by atoms with van der Waals surface area (Å²) >= 11 is 0. The minimum absolute atomic E-state index is 0.130. The van der Waals surface area contributed by atoms with Gasteiger partial charge in [-0.15, -0.1) is 0 Å². The molecule has 0 aliphatic heterocycles. The van der Waals surface area contributed by atoms with Gasteiger partial charge in [-0.2, -0.15) is 13.2 Å². The average Bonchev–Trinajstić information content (AvgIpc) is 2.62. The Morgan fingerprint density at radius 2 is 1.62 bits per heavy atom. The molecule has 8 heteroatoms. The number of amides is 1. The summed E-state index contributed by atoms with van der Waals surface area (Å²) in [6, 6.07) is 12.5. The number of carbonyl (C=O) groups excluding carboxylic acids is 1. The lowest BCUT2D eigenvalue weighted by Crippen LogP contribution is -2.12. The molecule has 0 saturated heterocycles. The van der Waals surface area contributed by atoms with Gasteiger partial charge in [0.2, 0.25) is 5.95 Å². The molecule has 0 radical (unpaired) electrons. The highest BCUT2D eigenvalue weighted by Gasteiger charge is 2.30. The van der Waals surface area contributed by atoms with Crippen LogP contribution >= 0.6 is 0 Å². The van der Waals surface area contributed by atoms with Crippen LogP contribution in [0, 0.1) is 0 Å². The van der Waals surface area contributed by atoms with Crippen LogP contribution in [0.15, 0.2) is 60.8 Å². The fourth-order valence-corrected chi connectivity index (χ4v) is 2.27. The van der Waals surface area contributed by atoms with Crippen molar-refractivity contribution in [2.75, 3.05) is 11.1 Å². The topological polar surface area (TPSA) is 80.9 Å². The zero-order valence-corrected chi connectivity index (χ0v) is 13.3. The molecule has 0 aliphatic rings. The van der Waals surface area contributed by atoms with E-state index in [2.05, 4.69) is 15.3 Å². The fourth-order valence-electron chi connectivity index (χ4n) is 2.27. The maximum Gasteiger partial charge on any atom is 0.416 e. The summed E-state index contributed by atoms with van der Waals surface area (Å²) in [7, 11) is 0. The molecule has 132 valence electrons. The number of nitrogens with one attached hydrogen (secondary N) is 1. The zero-order valence-electron chi connectivity index (χ0n) is 13.3. The van der Waals surface area contributed by atoms with Gasteiger partial charge < -0.3 is 11.1 Å². The van der Waals surface area contributed by atoms with Crippen LogP contribution in [0.1, 0.15) is 15.9 Å². The van der Waals surface area contributed by atoms with Gasteiger partial charge in [-0.05, 0) is 42.5 Å². The zero-order chi connectivity index (χ0) is 18.7. The third-order valence-corrected chi connectivity index (χ3v) is 3.59. The first kappa shape index (κ1) is 17.4. The number of benzene rings is 2. The third kappa shape index (κ3) is 3.97. The Labute approximate surface area is 146 Å².